The number of ketones is 1. The Balaban J connectivity index is 0.00000420. The molecule has 2 N–H and O–H groups in total. The molecular weight excluding hydrogens is 569 g/mol. The van der Waals surface area contributed by atoms with Crippen LogP contribution in [0, 0.1) is 11.2 Å². The minimum atomic E-state index is -0.651. The first-order valence-electron chi connectivity index (χ1n) is 13.0. The summed E-state index contributed by atoms with van der Waals surface area (Å²) >= 11 is 0. The number of anilines is 1. The van der Waals surface area contributed by atoms with Crippen LogP contribution >= 0.6 is 17.0 Å². The molecule has 39 heavy (non-hydrogen) atoms. The fourth-order valence-electron chi connectivity index (χ4n) is 5.22. The number of fused-ring (bicyclic) bond motifs is 1. The van der Waals surface area contributed by atoms with E-state index in [0.29, 0.717) is 43.7 Å². The van der Waals surface area contributed by atoms with Gasteiger partial charge in [-0.3, -0.25) is 10.2 Å². The van der Waals surface area contributed by atoms with E-state index in [-0.39, 0.29) is 70.3 Å². The van der Waals surface area contributed by atoms with Gasteiger partial charge < -0.3 is 29.1 Å². The van der Waals surface area contributed by atoms with Crippen LogP contribution in [-0.2, 0) is 12.0 Å². The van der Waals surface area contributed by atoms with Gasteiger partial charge in [0.2, 0.25) is 0 Å². The molecule has 0 aliphatic carbocycles. The molecule has 0 spiro atoms. The van der Waals surface area contributed by atoms with E-state index in [0.717, 1.165) is 17.0 Å². The summed E-state index contributed by atoms with van der Waals surface area (Å²) in [6, 6.07) is 5.40. The monoisotopic (exact) mass is 607 g/mol. The van der Waals surface area contributed by atoms with Crippen LogP contribution in [0.25, 0.3) is 0 Å². The first kappa shape index (κ1) is 30.7. The summed E-state index contributed by atoms with van der Waals surface area (Å²) in [5, 5.41) is 18.6. The highest BCUT2D eigenvalue weighted by molar-refractivity contribution is 8.93. The normalized spacial score (nSPS) is 15.6. The van der Waals surface area contributed by atoms with Crippen molar-refractivity contribution in [1.82, 2.24) is 4.90 Å². The fourth-order valence-corrected chi connectivity index (χ4v) is 5.22. The molecule has 8 nitrogen and oxygen atoms in total. The zero-order chi connectivity index (χ0) is 27.8. The Hall–Kier alpha value is -2.85. The predicted molar refractivity (Wildman–Crippen MR) is 155 cm³/mol. The number of rotatable bonds is 8. The summed E-state index contributed by atoms with van der Waals surface area (Å²) in [6.45, 7) is 9.83. The second kappa shape index (κ2) is 12.1. The maximum Gasteiger partial charge on any atom is 0.197 e. The maximum atomic E-state index is 15.3. The molecular formula is C29H39BrFN3O5. The number of nitrogens with one attached hydrogen (secondary N) is 1. The van der Waals surface area contributed by atoms with Gasteiger partial charge in [-0.25, -0.2) is 4.39 Å². The van der Waals surface area contributed by atoms with Gasteiger partial charge in [0, 0.05) is 30.8 Å². The van der Waals surface area contributed by atoms with Gasteiger partial charge in [-0.2, -0.15) is 0 Å². The van der Waals surface area contributed by atoms with Crippen molar-refractivity contribution < 1.29 is 28.5 Å². The van der Waals surface area contributed by atoms with E-state index in [4.69, 9.17) is 19.6 Å². The molecule has 0 unspecified atom stereocenters. The average Bonchev–Trinajstić information content (AvgIpc) is 3.18. The van der Waals surface area contributed by atoms with Crippen LogP contribution in [0.3, 0.4) is 0 Å². The molecule has 0 amide bonds. The fraction of sp³-hybridized carbons (Fsp3) is 0.517. The highest BCUT2D eigenvalue weighted by Crippen LogP contribution is 2.42. The number of ether oxygens (including phenoxy) is 3. The largest absolute Gasteiger partial charge is 0.494 e. The number of aliphatic hydroxyl groups excluding tert-OH is 1. The molecule has 214 valence electrons. The lowest BCUT2D eigenvalue weighted by Crippen LogP contribution is -2.36. The number of carbonyl (C=O) groups excluding carboxylic acids is 1. The highest BCUT2D eigenvalue weighted by Gasteiger charge is 2.34. The number of amidine groups is 1. The topological polar surface area (TPSA) is 95.3 Å². The van der Waals surface area contributed by atoms with E-state index < -0.39 is 5.82 Å². The third-order valence-corrected chi connectivity index (χ3v) is 7.23. The van der Waals surface area contributed by atoms with E-state index in [9.17, 15) is 9.90 Å². The quantitative estimate of drug-likeness (QED) is 0.403. The molecule has 0 atom stereocenters. The Kier molecular flexibility index (Phi) is 9.54. The number of hydrogen-bond acceptors (Lipinski definition) is 7. The van der Waals surface area contributed by atoms with Crippen molar-refractivity contribution in [3.8, 4) is 17.2 Å². The number of piperidine rings is 1. The standard InChI is InChI=1S/C29H38FN3O5.BrH/c1-7-38-23-14-18-15-33(28(31)24(18)25(30)27(23)37-6)16-22(35)17-12-20(29(2,3)4)26(36-5)21(13-17)32-10-8-19(34)9-11-32;/h12-14,19,31,34H,7-11,15-16H2,1-6H3;1H. The first-order valence-corrected chi connectivity index (χ1v) is 13.0. The summed E-state index contributed by atoms with van der Waals surface area (Å²) in [7, 11) is 3.00. The molecule has 2 heterocycles. The van der Waals surface area contributed by atoms with Crippen LogP contribution in [0.5, 0.6) is 17.2 Å². The van der Waals surface area contributed by atoms with Gasteiger partial charge in [-0.15, -0.1) is 17.0 Å². The number of benzene rings is 2. The lowest BCUT2D eigenvalue weighted by atomic mass is 9.84. The minimum absolute atomic E-state index is 0. The summed E-state index contributed by atoms with van der Waals surface area (Å²) in [5.41, 5.74) is 2.67. The van der Waals surface area contributed by atoms with E-state index in [1.807, 2.05) is 12.1 Å². The van der Waals surface area contributed by atoms with Gasteiger partial charge in [-0.05, 0) is 48.9 Å². The number of Topliss-reactive ketones (excluding diaryl/α,β-unsaturated/α-hetero) is 1. The molecule has 2 aliphatic rings. The Morgan fingerprint density at radius 3 is 2.33 bits per heavy atom. The van der Waals surface area contributed by atoms with Crippen molar-refractivity contribution in [1.29, 1.82) is 5.41 Å². The van der Waals surface area contributed by atoms with Crippen LogP contribution < -0.4 is 19.1 Å². The van der Waals surface area contributed by atoms with Gasteiger partial charge in [0.05, 0.1) is 44.7 Å². The second-order valence-corrected chi connectivity index (χ2v) is 10.9. The Labute approximate surface area is 240 Å². The van der Waals surface area contributed by atoms with Gasteiger partial charge >= 0.3 is 0 Å². The SMILES string of the molecule is Br.CCOc1cc2c(c(F)c1OC)C(=N)N(CC(=O)c1cc(N3CCC(O)CC3)c(OC)c(C(C)(C)C)c1)C2. The number of aliphatic hydroxyl groups is 1. The van der Waals surface area contributed by atoms with Crippen molar-refractivity contribution in [3.05, 3.63) is 46.3 Å². The Morgan fingerprint density at radius 2 is 1.77 bits per heavy atom. The molecule has 4 rings (SSSR count). The van der Waals surface area contributed by atoms with E-state index in [1.165, 1.54) is 7.11 Å². The summed E-state index contributed by atoms with van der Waals surface area (Å²) in [5.74, 6) is 0.0958. The van der Waals surface area contributed by atoms with Gasteiger partial charge in [-0.1, -0.05) is 20.8 Å². The minimum Gasteiger partial charge on any atom is -0.494 e. The highest BCUT2D eigenvalue weighted by atomic mass is 79.9. The Bertz CT molecular complexity index is 1240. The summed E-state index contributed by atoms with van der Waals surface area (Å²) in [6.07, 6.45) is 0.969. The van der Waals surface area contributed by atoms with Crippen molar-refractivity contribution in [2.24, 2.45) is 0 Å². The molecule has 0 saturated carbocycles. The van der Waals surface area contributed by atoms with Crippen molar-refractivity contribution in [2.75, 3.05) is 45.4 Å². The van der Waals surface area contributed by atoms with Gasteiger partial charge in [0.1, 0.15) is 11.6 Å². The van der Waals surface area contributed by atoms with Crippen LogP contribution in [-0.4, -0.2) is 68.2 Å². The molecule has 10 heteroatoms. The van der Waals surface area contributed by atoms with Crippen LogP contribution in [0.1, 0.15) is 67.6 Å². The molecule has 2 aromatic rings. The second-order valence-electron chi connectivity index (χ2n) is 10.9. The zero-order valence-corrected chi connectivity index (χ0v) is 25.2. The summed E-state index contributed by atoms with van der Waals surface area (Å²) < 4.78 is 31.9. The number of halogens is 2. The number of methoxy groups -OCH3 is 2. The number of nitrogens with zero attached hydrogens (tertiary/aromatic N) is 2. The third kappa shape index (κ3) is 6.01. The molecule has 0 bridgehead atoms. The van der Waals surface area contributed by atoms with Crippen LogP contribution in [0.2, 0.25) is 0 Å². The third-order valence-electron chi connectivity index (χ3n) is 7.23. The zero-order valence-electron chi connectivity index (χ0n) is 23.5. The van der Waals surface area contributed by atoms with Crippen molar-refractivity contribution >= 4 is 34.3 Å². The summed E-state index contributed by atoms with van der Waals surface area (Å²) in [4.78, 5) is 17.4. The van der Waals surface area contributed by atoms with Crippen molar-refractivity contribution in [3.63, 3.8) is 0 Å². The average molecular weight is 609 g/mol. The molecule has 1 saturated heterocycles. The first-order chi connectivity index (χ1) is 18.0. The van der Waals surface area contributed by atoms with Gasteiger partial charge in [0.25, 0.3) is 0 Å². The Morgan fingerprint density at radius 1 is 1.13 bits per heavy atom. The lowest BCUT2D eigenvalue weighted by molar-refractivity contribution is 0.0962. The van der Waals surface area contributed by atoms with Gasteiger partial charge in [0.15, 0.2) is 23.1 Å². The molecule has 2 aromatic carbocycles. The molecule has 2 aliphatic heterocycles. The molecule has 1 fully saturated rings. The van der Waals surface area contributed by atoms with E-state index in [1.54, 1.807) is 25.0 Å². The van der Waals surface area contributed by atoms with E-state index in [2.05, 4.69) is 25.7 Å². The smallest absolute Gasteiger partial charge is 0.197 e. The van der Waals surface area contributed by atoms with Crippen LogP contribution in [0.15, 0.2) is 18.2 Å². The van der Waals surface area contributed by atoms with Crippen LogP contribution in [0.4, 0.5) is 10.1 Å². The van der Waals surface area contributed by atoms with E-state index >= 15 is 4.39 Å². The molecule has 0 radical (unpaired) electrons. The lowest BCUT2D eigenvalue weighted by Gasteiger charge is -2.35. The van der Waals surface area contributed by atoms with Crippen molar-refractivity contribution in [2.45, 2.75) is 58.6 Å². The molecule has 0 aromatic heterocycles. The number of carbonyl (C=O) groups is 1. The maximum absolute atomic E-state index is 15.3. The number of hydrogen-bond donors (Lipinski definition) is 2. The predicted octanol–water partition coefficient (Wildman–Crippen LogP) is 5.10.